The number of oxazole rings is 1. The molecule has 4 nitrogen and oxygen atoms in total. The Bertz CT molecular complexity index is 519. The van der Waals surface area contributed by atoms with Gasteiger partial charge in [0.15, 0.2) is 5.58 Å². The Hall–Kier alpha value is -0.910. The van der Waals surface area contributed by atoms with Crippen LogP contribution in [0.3, 0.4) is 0 Å². The Morgan fingerprint density at radius 3 is 2.72 bits per heavy atom. The van der Waals surface area contributed by atoms with Crippen LogP contribution in [0.4, 0.5) is 0 Å². The quantitative estimate of drug-likeness (QED) is 0.919. The van der Waals surface area contributed by atoms with E-state index in [1.807, 2.05) is 24.3 Å². The van der Waals surface area contributed by atoms with Gasteiger partial charge in [-0.15, -0.1) is 12.4 Å². The van der Waals surface area contributed by atoms with Crippen molar-refractivity contribution in [2.45, 2.75) is 23.3 Å². The summed E-state index contributed by atoms with van der Waals surface area (Å²) in [4.78, 5) is 4.30. The summed E-state index contributed by atoms with van der Waals surface area (Å²) in [6, 6.07) is 7.53. The van der Waals surface area contributed by atoms with Crippen LogP contribution < -0.4 is 5.32 Å². The van der Waals surface area contributed by atoms with Crippen LogP contribution in [-0.2, 0) is 10.8 Å². The number of hydrogen-bond donors (Lipinski definition) is 1. The van der Waals surface area contributed by atoms with Crippen molar-refractivity contribution in [3.63, 3.8) is 0 Å². The predicted molar refractivity (Wildman–Crippen MR) is 73.6 cm³/mol. The first-order chi connectivity index (χ1) is 8.34. The standard InChI is InChI=1S/C12H14N2O2S.ClH/c15-17(9-5-7-13-8-6-9)12-14-10-3-1-2-4-11(10)16-12;/h1-4,9,13H,5-8H2;1H. The third-order valence-corrected chi connectivity index (χ3v) is 4.63. The summed E-state index contributed by atoms with van der Waals surface area (Å²) >= 11 is 0. The molecule has 1 saturated heterocycles. The summed E-state index contributed by atoms with van der Waals surface area (Å²) < 4.78 is 17.8. The van der Waals surface area contributed by atoms with Crippen LogP contribution in [0.2, 0.25) is 0 Å². The summed E-state index contributed by atoms with van der Waals surface area (Å²) in [5, 5.41) is 3.81. The first-order valence-corrected chi connectivity index (χ1v) is 7.03. The van der Waals surface area contributed by atoms with E-state index in [2.05, 4.69) is 10.3 Å². The van der Waals surface area contributed by atoms with E-state index in [0.29, 0.717) is 10.8 Å². The van der Waals surface area contributed by atoms with Gasteiger partial charge in [-0.3, -0.25) is 0 Å². The van der Waals surface area contributed by atoms with Gasteiger partial charge in [0.25, 0.3) is 5.22 Å². The average Bonchev–Trinajstić information content (AvgIpc) is 2.82. The molecule has 1 unspecified atom stereocenters. The van der Waals surface area contributed by atoms with Crippen molar-refractivity contribution < 1.29 is 8.63 Å². The molecule has 0 radical (unpaired) electrons. The van der Waals surface area contributed by atoms with Crippen molar-refractivity contribution in [3.8, 4) is 0 Å². The molecule has 1 aromatic heterocycles. The highest BCUT2D eigenvalue weighted by molar-refractivity contribution is 7.85. The van der Waals surface area contributed by atoms with E-state index in [-0.39, 0.29) is 17.7 Å². The van der Waals surface area contributed by atoms with Gasteiger partial charge in [-0.25, -0.2) is 9.19 Å². The van der Waals surface area contributed by atoms with Gasteiger partial charge < -0.3 is 9.73 Å². The van der Waals surface area contributed by atoms with E-state index >= 15 is 0 Å². The lowest BCUT2D eigenvalue weighted by Gasteiger charge is -2.20. The normalized spacial score (nSPS) is 18.4. The zero-order valence-corrected chi connectivity index (χ0v) is 11.4. The monoisotopic (exact) mass is 286 g/mol. The summed E-state index contributed by atoms with van der Waals surface area (Å²) in [5.74, 6) is 0. The minimum absolute atomic E-state index is 0. The number of halogens is 1. The number of rotatable bonds is 2. The SMILES string of the molecule is Cl.O=S(c1nc2ccccc2o1)C1CCNCC1. The van der Waals surface area contributed by atoms with E-state index in [0.717, 1.165) is 31.4 Å². The van der Waals surface area contributed by atoms with E-state index in [1.165, 1.54) is 0 Å². The molecule has 1 fully saturated rings. The zero-order valence-electron chi connectivity index (χ0n) is 9.80. The second-order valence-electron chi connectivity index (χ2n) is 4.19. The van der Waals surface area contributed by atoms with Crippen molar-refractivity contribution in [2.24, 2.45) is 0 Å². The van der Waals surface area contributed by atoms with E-state index in [1.54, 1.807) is 0 Å². The lowest BCUT2D eigenvalue weighted by molar-refractivity contribution is 0.463. The molecule has 98 valence electrons. The summed E-state index contributed by atoms with van der Waals surface area (Å²) in [7, 11) is -1.12. The molecular weight excluding hydrogens is 272 g/mol. The molecule has 0 aliphatic carbocycles. The van der Waals surface area contributed by atoms with Crippen molar-refractivity contribution in [1.29, 1.82) is 0 Å². The predicted octanol–water partition coefficient (Wildman–Crippen LogP) is 2.11. The molecule has 2 aromatic rings. The topological polar surface area (TPSA) is 55.1 Å². The third-order valence-electron chi connectivity index (χ3n) is 3.04. The Labute approximate surface area is 114 Å². The maximum absolute atomic E-state index is 12.3. The van der Waals surface area contributed by atoms with Crippen LogP contribution >= 0.6 is 12.4 Å². The minimum atomic E-state index is -1.12. The molecule has 1 aromatic carbocycles. The Kier molecular flexibility index (Phi) is 4.37. The molecule has 6 heteroatoms. The van der Waals surface area contributed by atoms with Crippen LogP contribution in [0.25, 0.3) is 11.1 Å². The second kappa shape index (κ2) is 5.82. The van der Waals surface area contributed by atoms with E-state index in [4.69, 9.17) is 4.42 Å². The first-order valence-electron chi connectivity index (χ1n) is 5.81. The third kappa shape index (κ3) is 2.58. The molecule has 3 rings (SSSR count). The van der Waals surface area contributed by atoms with Crippen LogP contribution in [-0.4, -0.2) is 27.5 Å². The van der Waals surface area contributed by atoms with Crippen LogP contribution in [0.1, 0.15) is 12.8 Å². The highest BCUT2D eigenvalue weighted by Gasteiger charge is 2.24. The lowest BCUT2D eigenvalue weighted by Crippen LogP contribution is -2.33. The van der Waals surface area contributed by atoms with E-state index in [9.17, 15) is 4.21 Å². The van der Waals surface area contributed by atoms with Crippen molar-refractivity contribution in [2.75, 3.05) is 13.1 Å². The van der Waals surface area contributed by atoms with Gasteiger partial charge in [0.05, 0.1) is 0 Å². The minimum Gasteiger partial charge on any atom is -0.430 e. The number of benzene rings is 1. The maximum atomic E-state index is 12.3. The fourth-order valence-electron chi connectivity index (χ4n) is 2.09. The molecule has 1 aliphatic heterocycles. The average molecular weight is 287 g/mol. The number of fused-ring (bicyclic) bond motifs is 1. The molecular formula is C12H15ClN2O2S. The summed E-state index contributed by atoms with van der Waals surface area (Å²) in [6.07, 6.45) is 1.84. The number of aromatic nitrogens is 1. The molecule has 0 bridgehead atoms. The van der Waals surface area contributed by atoms with Crippen LogP contribution in [0.15, 0.2) is 33.9 Å². The van der Waals surface area contributed by atoms with Gasteiger partial charge in [-0.05, 0) is 38.1 Å². The fourth-order valence-corrected chi connectivity index (χ4v) is 3.40. The van der Waals surface area contributed by atoms with Gasteiger partial charge in [0.1, 0.15) is 16.3 Å². The Morgan fingerprint density at radius 2 is 2.00 bits per heavy atom. The molecule has 2 heterocycles. The number of nitrogens with zero attached hydrogens (tertiary/aromatic N) is 1. The Balaban J connectivity index is 0.00000120. The van der Waals surface area contributed by atoms with Gasteiger partial charge in [-0.2, -0.15) is 0 Å². The van der Waals surface area contributed by atoms with Crippen molar-refractivity contribution in [1.82, 2.24) is 10.3 Å². The van der Waals surface area contributed by atoms with Gasteiger partial charge in [-0.1, -0.05) is 12.1 Å². The molecule has 1 aliphatic rings. The fraction of sp³-hybridized carbons (Fsp3) is 0.417. The molecule has 0 saturated carbocycles. The van der Waals surface area contributed by atoms with Gasteiger partial charge >= 0.3 is 0 Å². The summed E-state index contributed by atoms with van der Waals surface area (Å²) in [5.41, 5.74) is 1.49. The highest BCUT2D eigenvalue weighted by atomic mass is 35.5. The van der Waals surface area contributed by atoms with Crippen molar-refractivity contribution in [3.05, 3.63) is 24.3 Å². The number of nitrogens with one attached hydrogen (secondary N) is 1. The van der Waals surface area contributed by atoms with E-state index < -0.39 is 10.8 Å². The number of piperidine rings is 1. The lowest BCUT2D eigenvalue weighted by atomic mass is 10.2. The van der Waals surface area contributed by atoms with Gasteiger partial charge in [0.2, 0.25) is 0 Å². The smallest absolute Gasteiger partial charge is 0.288 e. The summed E-state index contributed by atoms with van der Waals surface area (Å²) in [6.45, 7) is 1.85. The van der Waals surface area contributed by atoms with Gasteiger partial charge in [0, 0.05) is 5.25 Å². The van der Waals surface area contributed by atoms with Crippen LogP contribution in [0.5, 0.6) is 0 Å². The molecule has 0 amide bonds. The molecule has 1 atom stereocenters. The molecule has 0 spiro atoms. The first kappa shape index (κ1) is 13.5. The maximum Gasteiger partial charge on any atom is 0.288 e. The zero-order chi connectivity index (χ0) is 11.7. The molecule has 1 N–H and O–H groups in total. The second-order valence-corrected chi connectivity index (χ2v) is 5.80. The Morgan fingerprint density at radius 1 is 1.28 bits per heavy atom. The largest absolute Gasteiger partial charge is 0.430 e. The molecule has 18 heavy (non-hydrogen) atoms. The van der Waals surface area contributed by atoms with Crippen LogP contribution in [0, 0.1) is 0 Å². The number of para-hydroxylation sites is 2. The number of hydrogen-bond acceptors (Lipinski definition) is 4. The highest BCUT2D eigenvalue weighted by Crippen LogP contribution is 2.22. The van der Waals surface area contributed by atoms with Crippen molar-refractivity contribution >= 4 is 34.3 Å².